The molecule has 5 nitrogen and oxygen atoms in total. The van der Waals surface area contributed by atoms with Gasteiger partial charge in [0.1, 0.15) is 14.0 Å². The molecule has 1 aliphatic rings. The fraction of sp³-hybridized carbons (Fsp3) is 1.00. The van der Waals surface area contributed by atoms with Crippen LogP contribution in [-0.2, 0) is 18.6 Å². The van der Waals surface area contributed by atoms with E-state index >= 15 is 0 Å². The zero-order valence-electron chi connectivity index (χ0n) is 8.67. The number of methoxy groups -OCH3 is 1. The second kappa shape index (κ2) is 4.77. The molecule has 0 bridgehead atoms. The zero-order valence-corrected chi connectivity index (χ0v) is 9.57. The van der Waals surface area contributed by atoms with Crippen LogP contribution in [0, 0.1) is 0 Å². The lowest BCUT2D eigenvalue weighted by Crippen LogP contribution is -2.27. The third kappa shape index (κ3) is 3.71. The summed E-state index contributed by atoms with van der Waals surface area (Å²) in [5.74, 6) is 0. The highest BCUT2D eigenvalue weighted by molar-refractivity contribution is 7.51. The molecule has 1 heterocycles. The monoisotopic (exact) mass is 222 g/mol. The Balaban J connectivity index is 2.40. The minimum atomic E-state index is -3.41. The van der Waals surface area contributed by atoms with Gasteiger partial charge in [-0.2, -0.15) is 0 Å². The van der Waals surface area contributed by atoms with Gasteiger partial charge in [0.25, 0.3) is 0 Å². The van der Waals surface area contributed by atoms with Gasteiger partial charge < -0.3 is 18.9 Å². The molecule has 14 heavy (non-hydrogen) atoms. The van der Waals surface area contributed by atoms with E-state index in [2.05, 4.69) is 0 Å². The van der Waals surface area contributed by atoms with Gasteiger partial charge in [0.05, 0.1) is 12.7 Å². The van der Waals surface area contributed by atoms with Gasteiger partial charge >= 0.3 is 7.60 Å². The predicted molar refractivity (Wildman–Crippen MR) is 54.3 cm³/mol. The first-order valence-electron chi connectivity index (χ1n) is 4.55. The van der Waals surface area contributed by atoms with Crippen LogP contribution in [0.25, 0.3) is 0 Å². The second-order valence-corrected chi connectivity index (χ2v) is 5.46. The largest absolute Gasteiger partial charge is 0.379 e. The molecule has 0 spiro atoms. The molecule has 0 amide bonds. The molecule has 1 saturated heterocycles. The maximum absolute atomic E-state index is 10.9. The molecule has 0 saturated carbocycles. The fourth-order valence-electron chi connectivity index (χ4n) is 1.53. The van der Waals surface area contributed by atoms with Crippen molar-refractivity contribution in [3.63, 3.8) is 0 Å². The first kappa shape index (κ1) is 12.2. The Morgan fingerprint density at radius 2 is 2.36 bits per heavy atom. The van der Waals surface area contributed by atoms with Crippen LogP contribution < -0.4 is 0 Å². The maximum Gasteiger partial charge on any atom is 0.325 e. The van der Waals surface area contributed by atoms with E-state index in [1.54, 1.807) is 7.11 Å². The van der Waals surface area contributed by atoms with E-state index in [0.717, 1.165) is 13.1 Å². The summed E-state index contributed by atoms with van der Waals surface area (Å²) in [6, 6.07) is 0.114. The summed E-state index contributed by atoms with van der Waals surface area (Å²) in [4.78, 5) is 8.94. The molecule has 1 rings (SSSR count). The average Bonchev–Trinajstić information content (AvgIpc) is 2.41. The Labute approximate surface area is 84.7 Å². The third-order valence-electron chi connectivity index (χ3n) is 2.17. The van der Waals surface area contributed by atoms with E-state index in [-0.39, 0.29) is 24.8 Å². The van der Waals surface area contributed by atoms with Crippen molar-refractivity contribution in [1.29, 1.82) is 0 Å². The molecule has 1 fully saturated rings. The van der Waals surface area contributed by atoms with Crippen LogP contribution in [-0.4, -0.2) is 51.3 Å². The topological polar surface area (TPSA) is 65.0 Å². The lowest BCUT2D eigenvalue weighted by Gasteiger charge is -2.17. The summed E-state index contributed by atoms with van der Waals surface area (Å²) in [5.41, 5.74) is 0. The normalized spacial score (nSPS) is 36.9. The lowest BCUT2D eigenvalue weighted by molar-refractivity contribution is -0.0163. The van der Waals surface area contributed by atoms with E-state index in [1.165, 1.54) is 0 Å². The Hall–Kier alpha value is 0.135. The molecule has 0 aliphatic carbocycles. The van der Waals surface area contributed by atoms with Crippen LogP contribution >= 0.6 is 7.60 Å². The van der Waals surface area contributed by atoms with Crippen LogP contribution in [0.2, 0.25) is 0 Å². The summed E-state index contributed by atoms with van der Waals surface area (Å²) in [5, 5.41) is 0. The maximum atomic E-state index is 10.9. The van der Waals surface area contributed by atoms with Crippen molar-refractivity contribution >= 4 is 15.4 Å². The summed E-state index contributed by atoms with van der Waals surface area (Å²) >= 11 is 0. The first-order chi connectivity index (χ1) is 6.42. The van der Waals surface area contributed by atoms with Crippen molar-refractivity contribution < 1.29 is 23.5 Å². The van der Waals surface area contributed by atoms with Gasteiger partial charge in [-0.1, -0.05) is 0 Å². The number of hydrogen-bond donors (Lipinski definition) is 1. The van der Waals surface area contributed by atoms with Gasteiger partial charge in [-0.25, -0.2) is 0 Å². The fourth-order valence-corrected chi connectivity index (χ4v) is 1.95. The number of ether oxygens (including phenoxy) is 2. The molecule has 0 radical (unpaired) electrons. The van der Waals surface area contributed by atoms with E-state index in [9.17, 15) is 4.57 Å². The van der Waals surface area contributed by atoms with Crippen LogP contribution in [0.3, 0.4) is 0 Å². The standard InChI is InChI=1S/C7H16BO5P/c1-11-5-3-7(8)13-6(5)4-12-14(2,9)10/h5-7H,3-4,8H2,1-2H3,(H,9,10)/t5-,6?,7?/m1/s1. The first-order valence-corrected chi connectivity index (χ1v) is 6.58. The van der Waals surface area contributed by atoms with Crippen LogP contribution in [0.5, 0.6) is 0 Å². The summed E-state index contributed by atoms with van der Waals surface area (Å²) in [6.07, 6.45) is 0.510. The summed E-state index contributed by atoms with van der Waals surface area (Å²) in [7, 11) is 0.131. The molecule has 0 aromatic rings. The van der Waals surface area contributed by atoms with E-state index in [4.69, 9.17) is 18.9 Å². The van der Waals surface area contributed by atoms with Crippen molar-refractivity contribution in [3.8, 4) is 0 Å². The molecule has 0 aromatic carbocycles. The van der Waals surface area contributed by atoms with Gasteiger partial charge in [0.2, 0.25) is 0 Å². The minimum absolute atomic E-state index is 0.0449. The SMILES string of the molecule is BC1C[C@@H](OC)C(COP(C)(=O)O)O1. The average molecular weight is 222 g/mol. The molecule has 7 heteroatoms. The minimum Gasteiger partial charge on any atom is -0.379 e. The van der Waals surface area contributed by atoms with Gasteiger partial charge in [-0.15, -0.1) is 0 Å². The van der Waals surface area contributed by atoms with Crippen molar-refractivity contribution in [2.75, 3.05) is 20.4 Å². The van der Waals surface area contributed by atoms with Crippen LogP contribution in [0.15, 0.2) is 0 Å². The lowest BCUT2D eigenvalue weighted by atomic mass is 9.96. The van der Waals surface area contributed by atoms with Gasteiger partial charge in [-0.3, -0.25) is 4.57 Å². The zero-order chi connectivity index (χ0) is 10.8. The highest BCUT2D eigenvalue weighted by Crippen LogP contribution is 2.37. The molecule has 1 N–H and O–H groups in total. The summed E-state index contributed by atoms with van der Waals surface area (Å²) in [6.45, 7) is 1.26. The van der Waals surface area contributed by atoms with E-state index in [0.29, 0.717) is 0 Å². The predicted octanol–water partition coefficient (Wildman–Crippen LogP) is -0.419. The summed E-state index contributed by atoms with van der Waals surface area (Å²) < 4.78 is 26.3. The molecular formula is C7H16BO5P. The Morgan fingerprint density at radius 3 is 2.86 bits per heavy atom. The molecular weight excluding hydrogens is 206 g/mol. The van der Waals surface area contributed by atoms with Crippen molar-refractivity contribution in [1.82, 2.24) is 0 Å². The second-order valence-electron chi connectivity index (χ2n) is 3.59. The van der Waals surface area contributed by atoms with Crippen molar-refractivity contribution in [2.45, 2.75) is 24.6 Å². The van der Waals surface area contributed by atoms with Gasteiger partial charge in [0, 0.05) is 19.8 Å². The Morgan fingerprint density at radius 1 is 1.71 bits per heavy atom. The Bertz CT molecular complexity index is 230. The smallest absolute Gasteiger partial charge is 0.325 e. The Kier molecular flexibility index (Phi) is 4.16. The third-order valence-corrected chi connectivity index (χ3v) is 2.80. The molecule has 1 aliphatic heterocycles. The van der Waals surface area contributed by atoms with Crippen LogP contribution in [0.4, 0.5) is 0 Å². The van der Waals surface area contributed by atoms with Crippen molar-refractivity contribution in [2.24, 2.45) is 0 Å². The van der Waals surface area contributed by atoms with E-state index in [1.807, 2.05) is 7.85 Å². The molecule has 4 atom stereocenters. The number of hydrogen-bond acceptors (Lipinski definition) is 4. The van der Waals surface area contributed by atoms with Gasteiger partial charge in [-0.05, 0) is 6.42 Å². The highest BCUT2D eigenvalue weighted by Gasteiger charge is 2.34. The van der Waals surface area contributed by atoms with Crippen LogP contribution in [0.1, 0.15) is 6.42 Å². The number of rotatable bonds is 4. The van der Waals surface area contributed by atoms with E-state index < -0.39 is 7.60 Å². The molecule has 3 unspecified atom stereocenters. The highest BCUT2D eigenvalue weighted by atomic mass is 31.2. The quantitative estimate of drug-likeness (QED) is 0.517. The molecule has 82 valence electrons. The van der Waals surface area contributed by atoms with Crippen molar-refractivity contribution in [3.05, 3.63) is 0 Å². The van der Waals surface area contributed by atoms with Gasteiger partial charge in [0.15, 0.2) is 0 Å². The molecule has 0 aromatic heterocycles.